The topological polar surface area (TPSA) is 89.8 Å². The zero-order valence-corrected chi connectivity index (χ0v) is 14.5. The summed E-state index contributed by atoms with van der Waals surface area (Å²) in [6.07, 6.45) is -0.237. The van der Waals surface area contributed by atoms with Gasteiger partial charge in [-0.2, -0.15) is 0 Å². The van der Waals surface area contributed by atoms with Crippen LogP contribution in [0.5, 0.6) is 0 Å². The molecule has 0 saturated carbocycles. The number of nitro groups is 1. The molecule has 0 fully saturated rings. The molecule has 0 aliphatic carbocycles. The van der Waals surface area contributed by atoms with Crippen LogP contribution in [-0.2, 0) is 16.0 Å². The number of carbonyl (C=O) groups is 2. The Balaban J connectivity index is 1.75. The number of benzene rings is 2. The van der Waals surface area contributed by atoms with Crippen LogP contribution < -0.4 is 4.90 Å². The number of amides is 1. The zero-order valence-electron chi connectivity index (χ0n) is 14.5. The van der Waals surface area contributed by atoms with Crippen LogP contribution in [0.15, 0.2) is 42.5 Å². The van der Waals surface area contributed by atoms with E-state index in [1.165, 1.54) is 32.0 Å². The van der Waals surface area contributed by atoms with Crippen molar-refractivity contribution in [1.29, 1.82) is 0 Å². The summed E-state index contributed by atoms with van der Waals surface area (Å²) in [4.78, 5) is 37.1. The van der Waals surface area contributed by atoms with E-state index < -0.39 is 17.0 Å². The Morgan fingerprint density at radius 1 is 1.19 bits per heavy atom. The van der Waals surface area contributed by atoms with E-state index in [4.69, 9.17) is 4.74 Å². The van der Waals surface area contributed by atoms with E-state index in [0.29, 0.717) is 6.54 Å². The second-order valence-electron chi connectivity index (χ2n) is 6.12. The Morgan fingerprint density at radius 2 is 1.92 bits per heavy atom. The minimum Gasteiger partial charge on any atom is -0.449 e. The van der Waals surface area contributed by atoms with Crippen LogP contribution in [-0.4, -0.2) is 29.4 Å². The second kappa shape index (κ2) is 6.95. The first-order valence-corrected chi connectivity index (χ1v) is 8.24. The lowest BCUT2D eigenvalue weighted by atomic mass is 10.1. The lowest BCUT2D eigenvalue weighted by Crippen LogP contribution is -2.39. The van der Waals surface area contributed by atoms with Gasteiger partial charge >= 0.3 is 5.97 Å². The van der Waals surface area contributed by atoms with Gasteiger partial charge in [0.25, 0.3) is 11.6 Å². The van der Waals surface area contributed by atoms with E-state index >= 15 is 0 Å². The molecule has 0 saturated heterocycles. The largest absolute Gasteiger partial charge is 0.449 e. The quantitative estimate of drug-likeness (QED) is 0.478. The molecule has 1 aliphatic rings. The summed E-state index contributed by atoms with van der Waals surface area (Å²) < 4.78 is 5.29. The Labute approximate surface area is 150 Å². The summed E-state index contributed by atoms with van der Waals surface area (Å²) in [7, 11) is 0. The van der Waals surface area contributed by atoms with Crippen molar-refractivity contribution < 1.29 is 19.2 Å². The molecule has 7 nitrogen and oxygen atoms in total. The fourth-order valence-corrected chi connectivity index (χ4v) is 3.10. The summed E-state index contributed by atoms with van der Waals surface area (Å²) in [5, 5.41) is 11.0. The van der Waals surface area contributed by atoms with Crippen molar-refractivity contribution in [1.82, 2.24) is 0 Å². The van der Waals surface area contributed by atoms with Crippen LogP contribution in [0.4, 0.5) is 11.4 Å². The maximum absolute atomic E-state index is 12.7. The third-order valence-electron chi connectivity index (χ3n) is 4.51. The van der Waals surface area contributed by atoms with Crippen LogP contribution >= 0.6 is 0 Å². The summed E-state index contributed by atoms with van der Waals surface area (Å²) >= 11 is 0. The molecule has 3 rings (SSSR count). The monoisotopic (exact) mass is 354 g/mol. The molecule has 0 spiro atoms. The number of para-hydroxylation sites is 1. The van der Waals surface area contributed by atoms with Crippen molar-refractivity contribution in [2.45, 2.75) is 26.4 Å². The van der Waals surface area contributed by atoms with Gasteiger partial charge in [-0.25, -0.2) is 4.79 Å². The van der Waals surface area contributed by atoms with Gasteiger partial charge < -0.3 is 9.64 Å². The first-order chi connectivity index (χ1) is 12.4. The minimum atomic E-state index is -0.993. The molecule has 134 valence electrons. The molecule has 2 aromatic carbocycles. The molecule has 1 amide bonds. The van der Waals surface area contributed by atoms with Crippen molar-refractivity contribution in [2.75, 3.05) is 11.4 Å². The molecule has 0 bridgehead atoms. The number of nitrogens with zero attached hydrogens (tertiary/aromatic N) is 2. The van der Waals surface area contributed by atoms with Gasteiger partial charge in [-0.15, -0.1) is 0 Å². The summed E-state index contributed by atoms with van der Waals surface area (Å²) in [5.74, 6) is -1.06. The van der Waals surface area contributed by atoms with E-state index in [0.717, 1.165) is 17.7 Å². The van der Waals surface area contributed by atoms with E-state index in [1.807, 2.05) is 24.3 Å². The normalized spacial score (nSPS) is 13.8. The highest BCUT2D eigenvalue weighted by Crippen LogP contribution is 2.28. The molecule has 26 heavy (non-hydrogen) atoms. The third kappa shape index (κ3) is 3.15. The molecule has 1 heterocycles. The van der Waals surface area contributed by atoms with Crippen molar-refractivity contribution in [3.63, 3.8) is 0 Å². The Kier molecular flexibility index (Phi) is 4.71. The van der Waals surface area contributed by atoms with Crippen LogP contribution in [0.3, 0.4) is 0 Å². The second-order valence-corrected chi connectivity index (χ2v) is 6.12. The highest BCUT2D eigenvalue weighted by Gasteiger charge is 2.30. The van der Waals surface area contributed by atoms with Gasteiger partial charge in [0.15, 0.2) is 6.10 Å². The molecule has 1 aliphatic heterocycles. The van der Waals surface area contributed by atoms with E-state index in [9.17, 15) is 19.7 Å². The van der Waals surface area contributed by atoms with Crippen LogP contribution in [0.1, 0.15) is 28.4 Å². The molecule has 0 radical (unpaired) electrons. The van der Waals surface area contributed by atoms with Crippen molar-refractivity contribution >= 4 is 23.3 Å². The Morgan fingerprint density at radius 3 is 2.65 bits per heavy atom. The number of hydrogen-bond donors (Lipinski definition) is 0. The van der Waals surface area contributed by atoms with Crippen molar-refractivity contribution in [2.24, 2.45) is 0 Å². The third-order valence-corrected chi connectivity index (χ3v) is 4.51. The smallest absolute Gasteiger partial charge is 0.339 e. The summed E-state index contributed by atoms with van der Waals surface area (Å²) in [6.45, 7) is 3.53. The average molecular weight is 354 g/mol. The van der Waals surface area contributed by atoms with Crippen LogP contribution in [0.2, 0.25) is 0 Å². The SMILES string of the molecule is Cc1c(C(=O)OC(C)C(=O)N2CCc3ccccc32)cccc1[N+](=O)[O-]. The van der Waals surface area contributed by atoms with Crippen molar-refractivity contribution in [3.05, 3.63) is 69.3 Å². The Hall–Kier alpha value is -3.22. The fourth-order valence-electron chi connectivity index (χ4n) is 3.10. The number of anilines is 1. The van der Waals surface area contributed by atoms with Gasteiger partial charge in [0, 0.05) is 23.9 Å². The van der Waals surface area contributed by atoms with Crippen molar-refractivity contribution in [3.8, 4) is 0 Å². The maximum Gasteiger partial charge on any atom is 0.339 e. The molecule has 0 N–H and O–H groups in total. The lowest BCUT2D eigenvalue weighted by Gasteiger charge is -2.22. The number of hydrogen-bond acceptors (Lipinski definition) is 5. The average Bonchev–Trinajstić information content (AvgIpc) is 3.04. The first kappa shape index (κ1) is 17.6. The number of carbonyl (C=O) groups excluding carboxylic acids is 2. The molecule has 2 aromatic rings. The lowest BCUT2D eigenvalue weighted by molar-refractivity contribution is -0.385. The number of ether oxygens (including phenoxy) is 1. The standard InChI is InChI=1S/C19H18N2O5/c1-12-15(7-5-9-16(12)21(24)25)19(23)26-13(2)18(22)20-11-10-14-6-3-4-8-17(14)20/h3-9,13H,10-11H2,1-2H3. The van der Waals surface area contributed by atoms with Gasteiger partial charge in [0.1, 0.15) is 0 Å². The van der Waals surface area contributed by atoms with E-state index in [-0.39, 0.29) is 22.7 Å². The molecule has 1 atom stereocenters. The number of rotatable bonds is 4. The van der Waals surface area contributed by atoms with Gasteiger partial charge in [-0.05, 0) is 38.0 Å². The zero-order chi connectivity index (χ0) is 18.8. The molecular weight excluding hydrogens is 336 g/mol. The van der Waals surface area contributed by atoms with Gasteiger partial charge in [-0.1, -0.05) is 24.3 Å². The number of fused-ring (bicyclic) bond motifs is 1. The Bertz CT molecular complexity index is 893. The highest BCUT2D eigenvalue weighted by atomic mass is 16.6. The van der Waals surface area contributed by atoms with Crippen LogP contribution in [0.25, 0.3) is 0 Å². The highest BCUT2D eigenvalue weighted by molar-refractivity contribution is 6.00. The summed E-state index contributed by atoms with van der Waals surface area (Å²) in [6, 6.07) is 11.8. The first-order valence-electron chi connectivity index (χ1n) is 8.24. The minimum absolute atomic E-state index is 0.0840. The number of esters is 1. The van der Waals surface area contributed by atoms with Gasteiger partial charge in [0.2, 0.25) is 0 Å². The fraction of sp³-hybridized carbons (Fsp3) is 0.263. The molecule has 1 unspecified atom stereocenters. The molecule has 0 aromatic heterocycles. The van der Waals surface area contributed by atoms with Crippen LogP contribution in [0, 0.1) is 17.0 Å². The van der Waals surface area contributed by atoms with E-state index in [1.54, 1.807) is 4.90 Å². The van der Waals surface area contributed by atoms with E-state index in [2.05, 4.69) is 0 Å². The molecule has 7 heteroatoms. The molecular formula is C19H18N2O5. The predicted octanol–water partition coefficient (Wildman–Crippen LogP) is 3.04. The number of nitro benzene ring substituents is 1. The van der Waals surface area contributed by atoms with Gasteiger partial charge in [0.05, 0.1) is 10.5 Å². The summed E-state index contributed by atoms with van der Waals surface area (Å²) in [5.41, 5.74) is 2.04. The van der Waals surface area contributed by atoms with Gasteiger partial charge in [-0.3, -0.25) is 14.9 Å². The predicted molar refractivity (Wildman–Crippen MR) is 95.2 cm³/mol. The maximum atomic E-state index is 12.7.